The van der Waals surface area contributed by atoms with E-state index in [4.69, 9.17) is 10.5 Å². The maximum Gasteiger partial charge on any atom is 0.149 e. The minimum atomic E-state index is -3.08. The average molecular weight is 243 g/mol. The fourth-order valence-electron chi connectivity index (χ4n) is 1.49. The minimum Gasteiger partial charge on any atom is -0.494 e. The standard InChI is InChI=1S/C11H17NO3S/c1-3-15-11-7-5-4-6-9(11)10(12)8-16(2,13)14/h4-7,10H,3,8,12H2,1-2H3. The van der Waals surface area contributed by atoms with E-state index >= 15 is 0 Å². The van der Waals surface area contributed by atoms with Crippen LogP contribution in [-0.2, 0) is 9.84 Å². The van der Waals surface area contributed by atoms with Gasteiger partial charge in [0.15, 0.2) is 0 Å². The third-order valence-electron chi connectivity index (χ3n) is 2.10. The van der Waals surface area contributed by atoms with E-state index in [1.165, 1.54) is 6.26 Å². The Morgan fingerprint density at radius 3 is 2.56 bits per heavy atom. The number of para-hydroxylation sites is 1. The first-order valence-corrected chi connectivity index (χ1v) is 7.15. The van der Waals surface area contributed by atoms with Crippen molar-refractivity contribution in [2.45, 2.75) is 13.0 Å². The largest absolute Gasteiger partial charge is 0.494 e. The van der Waals surface area contributed by atoms with Crippen LogP contribution in [0.2, 0.25) is 0 Å². The molecule has 1 aromatic rings. The van der Waals surface area contributed by atoms with Crippen molar-refractivity contribution in [2.24, 2.45) is 5.73 Å². The van der Waals surface area contributed by atoms with Crippen LogP contribution in [0, 0.1) is 0 Å². The summed E-state index contributed by atoms with van der Waals surface area (Å²) in [5, 5.41) is 0. The van der Waals surface area contributed by atoms with Gasteiger partial charge >= 0.3 is 0 Å². The van der Waals surface area contributed by atoms with Gasteiger partial charge in [0.25, 0.3) is 0 Å². The molecule has 0 saturated carbocycles. The highest BCUT2D eigenvalue weighted by atomic mass is 32.2. The summed E-state index contributed by atoms with van der Waals surface area (Å²) >= 11 is 0. The van der Waals surface area contributed by atoms with Crippen molar-refractivity contribution in [1.82, 2.24) is 0 Å². The lowest BCUT2D eigenvalue weighted by molar-refractivity contribution is 0.335. The Kier molecular flexibility index (Phi) is 4.32. The molecule has 0 aliphatic rings. The normalized spacial score (nSPS) is 13.4. The summed E-state index contributed by atoms with van der Waals surface area (Å²) in [6.07, 6.45) is 1.18. The van der Waals surface area contributed by atoms with Crippen LogP contribution in [0.25, 0.3) is 0 Å². The Labute approximate surface area is 96.3 Å². The molecule has 0 aromatic heterocycles. The van der Waals surface area contributed by atoms with Gasteiger partial charge in [-0.2, -0.15) is 0 Å². The van der Waals surface area contributed by atoms with Crippen molar-refractivity contribution in [3.8, 4) is 5.75 Å². The zero-order valence-electron chi connectivity index (χ0n) is 9.51. The van der Waals surface area contributed by atoms with Gasteiger partial charge in [0, 0.05) is 17.9 Å². The van der Waals surface area contributed by atoms with E-state index in [0.29, 0.717) is 12.4 Å². The van der Waals surface area contributed by atoms with E-state index in [1.807, 2.05) is 19.1 Å². The molecule has 0 aliphatic heterocycles. The molecule has 1 rings (SSSR count). The highest BCUT2D eigenvalue weighted by Gasteiger charge is 2.16. The van der Waals surface area contributed by atoms with Gasteiger partial charge in [-0.1, -0.05) is 18.2 Å². The van der Waals surface area contributed by atoms with Gasteiger partial charge in [-0.05, 0) is 13.0 Å². The van der Waals surface area contributed by atoms with E-state index in [0.717, 1.165) is 5.56 Å². The van der Waals surface area contributed by atoms with Crippen LogP contribution in [0.15, 0.2) is 24.3 Å². The van der Waals surface area contributed by atoms with Crippen molar-refractivity contribution in [3.63, 3.8) is 0 Å². The van der Waals surface area contributed by atoms with Crippen molar-refractivity contribution in [2.75, 3.05) is 18.6 Å². The third-order valence-corrected chi connectivity index (χ3v) is 3.07. The number of benzene rings is 1. The molecule has 16 heavy (non-hydrogen) atoms. The molecule has 0 radical (unpaired) electrons. The molecule has 0 amide bonds. The maximum absolute atomic E-state index is 11.2. The van der Waals surface area contributed by atoms with E-state index in [9.17, 15) is 8.42 Å². The van der Waals surface area contributed by atoms with Crippen molar-refractivity contribution >= 4 is 9.84 Å². The summed E-state index contributed by atoms with van der Waals surface area (Å²) in [6.45, 7) is 2.40. The molecular formula is C11H17NO3S. The maximum atomic E-state index is 11.2. The van der Waals surface area contributed by atoms with Crippen LogP contribution >= 0.6 is 0 Å². The highest BCUT2D eigenvalue weighted by Crippen LogP contribution is 2.24. The molecule has 1 unspecified atom stereocenters. The first-order chi connectivity index (χ1) is 7.44. The predicted octanol–water partition coefficient (Wildman–Crippen LogP) is 1.13. The number of ether oxygens (including phenoxy) is 1. The topological polar surface area (TPSA) is 69.4 Å². The third kappa shape index (κ3) is 3.83. The highest BCUT2D eigenvalue weighted by molar-refractivity contribution is 7.90. The second kappa shape index (κ2) is 5.32. The smallest absolute Gasteiger partial charge is 0.149 e. The summed E-state index contributed by atoms with van der Waals surface area (Å²) in [4.78, 5) is 0. The van der Waals surface area contributed by atoms with E-state index in [2.05, 4.69) is 0 Å². The lowest BCUT2D eigenvalue weighted by Gasteiger charge is -2.15. The number of nitrogens with two attached hydrogens (primary N) is 1. The monoisotopic (exact) mass is 243 g/mol. The van der Waals surface area contributed by atoms with Gasteiger partial charge in [0.05, 0.1) is 12.4 Å². The van der Waals surface area contributed by atoms with E-state index < -0.39 is 15.9 Å². The molecule has 0 saturated heterocycles. The summed E-state index contributed by atoms with van der Waals surface area (Å²) in [6, 6.07) is 6.70. The van der Waals surface area contributed by atoms with Gasteiger partial charge < -0.3 is 10.5 Å². The molecule has 0 spiro atoms. The lowest BCUT2D eigenvalue weighted by atomic mass is 10.1. The average Bonchev–Trinajstić information content (AvgIpc) is 2.16. The van der Waals surface area contributed by atoms with Crippen LogP contribution in [0.5, 0.6) is 5.75 Å². The molecule has 90 valence electrons. The lowest BCUT2D eigenvalue weighted by Crippen LogP contribution is -2.21. The van der Waals surface area contributed by atoms with Gasteiger partial charge in [-0.25, -0.2) is 8.42 Å². The van der Waals surface area contributed by atoms with Gasteiger partial charge in [0.1, 0.15) is 15.6 Å². The molecule has 2 N–H and O–H groups in total. The van der Waals surface area contributed by atoms with Crippen molar-refractivity contribution < 1.29 is 13.2 Å². The predicted molar refractivity (Wildman–Crippen MR) is 64.3 cm³/mol. The second-order valence-electron chi connectivity index (χ2n) is 3.67. The van der Waals surface area contributed by atoms with Crippen molar-refractivity contribution in [3.05, 3.63) is 29.8 Å². The molecule has 0 fully saturated rings. The molecule has 4 nitrogen and oxygen atoms in total. The number of hydrogen-bond donors (Lipinski definition) is 1. The summed E-state index contributed by atoms with van der Waals surface area (Å²) < 4.78 is 27.7. The molecule has 1 atom stereocenters. The van der Waals surface area contributed by atoms with Gasteiger partial charge in [0.2, 0.25) is 0 Å². The first-order valence-electron chi connectivity index (χ1n) is 5.09. The summed E-state index contributed by atoms with van der Waals surface area (Å²) in [5.74, 6) is 0.582. The Morgan fingerprint density at radius 2 is 2.00 bits per heavy atom. The van der Waals surface area contributed by atoms with Crippen LogP contribution in [0.1, 0.15) is 18.5 Å². The summed E-state index contributed by atoms with van der Waals surface area (Å²) in [7, 11) is -3.08. The van der Waals surface area contributed by atoms with Crippen LogP contribution in [0.3, 0.4) is 0 Å². The second-order valence-corrected chi connectivity index (χ2v) is 5.85. The van der Waals surface area contributed by atoms with Crippen molar-refractivity contribution in [1.29, 1.82) is 0 Å². The molecule has 5 heteroatoms. The number of sulfone groups is 1. The molecule has 0 heterocycles. The SMILES string of the molecule is CCOc1ccccc1C(N)CS(C)(=O)=O. The Bertz CT molecular complexity index is 442. The molecular weight excluding hydrogens is 226 g/mol. The van der Waals surface area contributed by atoms with E-state index in [-0.39, 0.29) is 5.75 Å². The Balaban J connectivity index is 2.94. The molecule has 1 aromatic carbocycles. The fraction of sp³-hybridized carbons (Fsp3) is 0.455. The zero-order chi connectivity index (χ0) is 12.2. The number of hydrogen-bond acceptors (Lipinski definition) is 4. The van der Waals surface area contributed by atoms with Crippen LogP contribution < -0.4 is 10.5 Å². The van der Waals surface area contributed by atoms with Gasteiger partial charge in [-0.3, -0.25) is 0 Å². The zero-order valence-corrected chi connectivity index (χ0v) is 10.3. The Hall–Kier alpha value is -1.07. The fourth-order valence-corrected chi connectivity index (χ4v) is 2.32. The number of rotatable bonds is 5. The Morgan fingerprint density at radius 1 is 1.38 bits per heavy atom. The molecule has 0 bridgehead atoms. The van der Waals surface area contributed by atoms with E-state index in [1.54, 1.807) is 12.1 Å². The molecule has 0 aliphatic carbocycles. The first kappa shape index (κ1) is 13.0. The summed E-state index contributed by atoms with van der Waals surface area (Å²) in [5.41, 5.74) is 6.58. The van der Waals surface area contributed by atoms with Gasteiger partial charge in [-0.15, -0.1) is 0 Å². The quantitative estimate of drug-likeness (QED) is 0.841. The van der Waals surface area contributed by atoms with Crippen LogP contribution in [-0.4, -0.2) is 27.0 Å². The van der Waals surface area contributed by atoms with Crippen LogP contribution in [0.4, 0.5) is 0 Å². The minimum absolute atomic E-state index is 0.0723.